The van der Waals surface area contributed by atoms with Gasteiger partial charge in [0.05, 0.1) is 14.2 Å². The molecule has 0 unspecified atom stereocenters. The van der Waals surface area contributed by atoms with E-state index in [0.29, 0.717) is 24.0 Å². The summed E-state index contributed by atoms with van der Waals surface area (Å²) < 4.78 is 10.6. The summed E-state index contributed by atoms with van der Waals surface area (Å²) in [5.41, 5.74) is 2.65. The van der Waals surface area contributed by atoms with Gasteiger partial charge in [-0.25, -0.2) is 0 Å². The number of guanidine groups is 1. The van der Waals surface area contributed by atoms with E-state index in [9.17, 15) is 4.79 Å². The van der Waals surface area contributed by atoms with Gasteiger partial charge < -0.3 is 25.0 Å². The molecule has 3 rings (SSSR count). The first-order valence-corrected chi connectivity index (χ1v) is 10.2. The Hall–Kier alpha value is -3.22. The summed E-state index contributed by atoms with van der Waals surface area (Å²) >= 11 is 0. The lowest BCUT2D eigenvalue weighted by Gasteiger charge is -2.26. The predicted octanol–water partition coefficient (Wildman–Crippen LogP) is 3.52. The number of piperidine rings is 1. The van der Waals surface area contributed by atoms with Crippen LogP contribution >= 0.6 is 0 Å². The molecule has 0 saturated carbocycles. The lowest BCUT2D eigenvalue weighted by atomic mass is 10.1. The van der Waals surface area contributed by atoms with Gasteiger partial charge in [0.25, 0.3) is 5.91 Å². The van der Waals surface area contributed by atoms with Crippen molar-refractivity contribution in [3.63, 3.8) is 0 Å². The third-order valence-electron chi connectivity index (χ3n) is 5.17. The maximum Gasteiger partial charge on any atom is 0.253 e. The third kappa shape index (κ3) is 5.43. The molecule has 1 aliphatic rings. The van der Waals surface area contributed by atoms with Crippen molar-refractivity contribution in [2.45, 2.75) is 25.8 Å². The number of nitrogens with zero attached hydrogens (tertiary/aromatic N) is 2. The second-order valence-electron chi connectivity index (χ2n) is 7.17. The number of methoxy groups -OCH3 is 2. The van der Waals surface area contributed by atoms with Gasteiger partial charge in [-0.1, -0.05) is 12.1 Å². The molecule has 1 aliphatic heterocycles. The number of hydrogen-bond donors (Lipinski definition) is 2. The Labute approximate surface area is 178 Å². The maximum atomic E-state index is 12.6. The Morgan fingerprint density at radius 1 is 1.00 bits per heavy atom. The number of nitrogens with one attached hydrogen (secondary N) is 2. The largest absolute Gasteiger partial charge is 0.493 e. The minimum absolute atomic E-state index is 0.125. The minimum atomic E-state index is 0.125. The Morgan fingerprint density at radius 2 is 1.70 bits per heavy atom. The Morgan fingerprint density at radius 3 is 2.33 bits per heavy atom. The number of anilines is 1. The number of carbonyl (C=O) groups excluding carboxylic acids is 1. The van der Waals surface area contributed by atoms with Crippen molar-refractivity contribution in [1.82, 2.24) is 10.2 Å². The van der Waals surface area contributed by atoms with Crippen LogP contribution in [0.5, 0.6) is 11.5 Å². The fraction of sp³-hybridized carbons (Fsp3) is 0.391. The van der Waals surface area contributed by atoms with E-state index in [2.05, 4.69) is 15.6 Å². The van der Waals surface area contributed by atoms with E-state index in [4.69, 9.17) is 9.47 Å². The molecule has 0 aromatic heterocycles. The first kappa shape index (κ1) is 21.5. The van der Waals surface area contributed by atoms with Gasteiger partial charge in [-0.2, -0.15) is 0 Å². The van der Waals surface area contributed by atoms with Crippen LogP contribution < -0.4 is 20.1 Å². The summed E-state index contributed by atoms with van der Waals surface area (Å²) in [7, 11) is 4.93. The van der Waals surface area contributed by atoms with Gasteiger partial charge in [0.2, 0.25) is 0 Å². The number of ether oxygens (including phenoxy) is 2. The molecule has 0 aliphatic carbocycles. The van der Waals surface area contributed by atoms with Crippen LogP contribution in [0.25, 0.3) is 0 Å². The fourth-order valence-corrected chi connectivity index (χ4v) is 3.46. The first-order chi connectivity index (χ1) is 14.6. The van der Waals surface area contributed by atoms with Crippen LogP contribution in [0.15, 0.2) is 47.5 Å². The van der Waals surface area contributed by atoms with E-state index < -0.39 is 0 Å². The van der Waals surface area contributed by atoms with Gasteiger partial charge in [0, 0.05) is 44.0 Å². The molecule has 0 bridgehead atoms. The molecule has 2 aromatic carbocycles. The standard InChI is InChI=1S/C23H30N4O3/c1-24-23(26-19-11-12-20(29-2)21(15-19)30-3)25-16-17-7-9-18(10-8-17)22(28)27-13-5-4-6-14-27/h7-12,15H,4-6,13-14,16H2,1-3H3,(H2,24,25,26). The average molecular weight is 411 g/mol. The smallest absolute Gasteiger partial charge is 0.253 e. The monoisotopic (exact) mass is 410 g/mol. The number of hydrogen-bond acceptors (Lipinski definition) is 4. The molecule has 30 heavy (non-hydrogen) atoms. The van der Waals surface area contributed by atoms with E-state index >= 15 is 0 Å². The molecule has 1 amide bonds. The number of aliphatic imine (C=N–C) groups is 1. The second-order valence-corrected chi connectivity index (χ2v) is 7.17. The molecule has 1 heterocycles. The Bertz CT molecular complexity index is 875. The first-order valence-electron chi connectivity index (χ1n) is 10.2. The minimum Gasteiger partial charge on any atom is -0.493 e. The highest BCUT2D eigenvalue weighted by molar-refractivity contribution is 5.95. The van der Waals surface area contributed by atoms with Crippen LogP contribution in [0.2, 0.25) is 0 Å². The van der Waals surface area contributed by atoms with Crippen LogP contribution in [0.3, 0.4) is 0 Å². The van der Waals surface area contributed by atoms with E-state index in [1.165, 1.54) is 6.42 Å². The third-order valence-corrected chi connectivity index (χ3v) is 5.17. The van der Waals surface area contributed by atoms with Crippen molar-refractivity contribution in [2.24, 2.45) is 4.99 Å². The van der Waals surface area contributed by atoms with Crippen LogP contribution in [-0.2, 0) is 6.54 Å². The zero-order valence-electron chi connectivity index (χ0n) is 17.9. The zero-order chi connectivity index (χ0) is 21.3. The normalized spacial score (nSPS) is 14.2. The van der Waals surface area contributed by atoms with E-state index in [1.54, 1.807) is 21.3 Å². The molecule has 0 atom stereocenters. The van der Waals surface area contributed by atoms with E-state index in [0.717, 1.165) is 42.7 Å². The number of amides is 1. The zero-order valence-corrected chi connectivity index (χ0v) is 17.9. The van der Waals surface area contributed by atoms with E-state index in [-0.39, 0.29) is 5.91 Å². The van der Waals surface area contributed by atoms with Crippen LogP contribution in [0, 0.1) is 0 Å². The quantitative estimate of drug-likeness (QED) is 0.563. The Kier molecular flexibility index (Phi) is 7.54. The van der Waals surface area contributed by atoms with E-state index in [1.807, 2.05) is 47.4 Å². The van der Waals surface area contributed by atoms with Crippen LogP contribution in [-0.4, -0.2) is 51.1 Å². The van der Waals surface area contributed by atoms with Gasteiger partial charge in [-0.05, 0) is 49.1 Å². The maximum absolute atomic E-state index is 12.6. The lowest BCUT2D eigenvalue weighted by molar-refractivity contribution is 0.0724. The molecule has 2 aromatic rings. The molecule has 2 N–H and O–H groups in total. The molecule has 160 valence electrons. The van der Waals surface area contributed by atoms with Crippen LogP contribution in [0.4, 0.5) is 5.69 Å². The van der Waals surface area contributed by atoms with Crippen molar-refractivity contribution < 1.29 is 14.3 Å². The van der Waals surface area contributed by atoms with Gasteiger partial charge in [-0.3, -0.25) is 9.79 Å². The molecule has 1 fully saturated rings. The number of rotatable bonds is 6. The molecular weight excluding hydrogens is 380 g/mol. The lowest BCUT2D eigenvalue weighted by Crippen LogP contribution is -2.35. The Balaban J connectivity index is 1.56. The van der Waals surface area contributed by atoms with Crippen molar-refractivity contribution in [3.05, 3.63) is 53.6 Å². The molecular formula is C23H30N4O3. The SMILES string of the molecule is CN=C(NCc1ccc(C(=O)N2CCCCC2)cc1)Nc1ccc(OC)c(OC)c1. The highest BCUT2D eigenvalue weighted by Crippen LogP contribution is 2.29. The van der Waals surface area contributed by atoms with Gasteiger partial charge in [0.1, 0.15) is 0 Å². The summed E-state index contributed by atoms with van der Waals surface area (Å²) in [5.74, 6) is 2.08. The van der Waals surface area contributed by atoms with Crippen molar-refractivity contribution in [2.75, 3.05) is 39.7 Å². The second kappa shape index (κ2) is 10.5. The predicted molar refractivity (Wildman–Crippen MR) is 120 cm³/mol. The number of likely N-dealkylation sites (tertiary alicyclic amines) is 1. The van der Waals surface area contributed by atoms with Gasteiger partial charge in [0.15, 0.2) is 17.5 Å². The molecule has 1 saturated heterocycles. The summed E-state index contributed by atoms with van der Waals surface area (Å²) in [5, 5.41) is 6.52. The highest BCUT2D eigenvalue weighted by atomic mass is 16.5. The van der Waals surface area contributed by atoms with Crippen LogP contribution in [0.1, 0.15) is 35.2 Å². The van der Waals surface area contributed by atoms with Gasteiger partial charge >= 0.3 is 0 Å². The summed E-state index contributed by atoms with van der Waals surface area (Å²) in [6.07, 6.45) is 3.41. The number of benzene rings is 2. The van der Waals surface area contributed by atoms with Crippen molar-refractivity contribution >= 4 is 17.6 Å². The topological polar surface area (TPSA) is 75.2 Å². The molecule has 7 heteroatoms. The average Bonchev–Trinajstić information content (AvgIpc) is 2.82. The summed E-state index contributed by atoms with van der Waals surface area (Å²) in [6, 6.07) is 13.4. The molecule has 0 spiro atoms. The summed E-state index contributed by atoms with van der Waals surface area (Å²) in [4.78, 5) is 18.8. The number of carbonyl (C=O) groups is 1. The fourth-order valence-electron chi connectivity index (χ4n) is 3.46. The summed E-state index contributed by atoms with van der Waals surface area (Å²) in [6.45, 7) is 2.31. The molecule has 7 nitrogen and oxygen atoms in total. The van der Waals surface area contributed by atoms with Gasteiger partial charge in [-0.15, -0.1) is 0 Å². The highest BCUT2D eigenvalue weighted by Gasteiger charge is 2.17. The van der Waals surface area contributed by atoms with Crippen molar-refractivity contribution in [3.8, 4) is 11.5 Å². The molecule has 0 radical (unpaired) electrons. The van der Waals surface area contributed by atoms with Crippen molar-refractivity contribution in [1.29, 1.82) is 0 Å².